The number of furan rings is 1. The highest BCUT2D eigenvalue weighted by Gasteiger charge is 2.17. The SMILES string of the molecule is c1cc(-c2ccc(N(c3ccc(-c4cccc(-c5cccc6ccccc56)c4)cc3)c3ccc(-c4cccc5c4oc4ccccc45)cc3)cc2)cc(-c2cccc3ccccc23)c1. The summed E-state index contributed by atoms with van der Waals surface area (Å²) >= 11 is 0. The molecule has 12 aromatic rings. The highest BCUT2D eigenvalue weighted by Crippen LogP contribution is 2.41. The standard InChI is InChI=1S/C62H41NO/c1-3-20-54-44(12-1)14-9-23-56(54)49-18-7-16-47(40-49)42-28-34-51(35-29-42)63(53-38-32-46(33-39-53)58-25-11-26-60-59-22-5-6-27-61(59)64-62(58)60)52-36-30-43(31-37-52)48-17-8-19-50(41-48)57-24-10-15-45-13-2-4-21-55(45)57/h1-41H. The molecule has 0 amide bonds. The Morgan fingerprint density at radius 1 is 0.250 bits per heavy atom. The average Bonchev–Trinajstić information content (AvgIpc) is 3.76. The summed E-state index contributed by atoms with van der Waals surface area (Å²) in [6.07, 6.45) is 0. The van der Waals surface area contributed by atoms with Crippen LogP contribution < -0.4 is 4.90 Å². The minimum atomic E-state index is 0.903. The molecule has 0 radical (unpaired) electrons. The number of anilines is 3. The summed E-state index contributed by atoms with van der Waals surface area (Å²) < 4.78 is 6.44. The molecule has 2 heteroatoms. The Morgan fingerprint density at radius 3 is 1.19 bits per heavy atom. The van der Waals surface area contributed by atoms with Crippen LogP contribution in [-0.2, 0) is 0 Å². The molecule has 0 bridgehead atoms. The van der Waals surface area contributed by atoms with E-state index in [0.29, 0.717) is 0 Å². The lowest BCUT2D eigenvalue weighted by molar-refractivity contribution is 0.670. The highest BCUT2D eigenvalue weighted by molar-refractivity contribution is 6.09. The van der Waals surface area contributed by atoms with Gasteiger partial charge in [-0.05, 0) is 126 Å². The van der Waals surface area contributed by atoms with Gasteiger partial charge in [-0.1, -0.05) is 194 Å². The molecule has 0 saturated heterocycles. The van der Waals surface area contributed by atoms with E-state index in [1.165, 1.54) is 66.1 Å². The van der Waals surface area contributed by atoms with Crippen LogP contribution in [0.5, 0.6) is 0 Å². The van der Waals surface area contributed by atoms with Crippen LogP contribution in [0.4, 0.5) is 17.1 Å². The first-order valence-corrected chi connectivity index (χ1v) is 21.9. The fourth-order valence-electron chi connectivity index (χ4n) is 9.50. The maximum absolute atomic E-state index is 6.44. The molecule has 11 aromatic carbocycles. The van der Waals surface area contributed by atoms with E-state index in [-0.39, 0.29) is 0 Å². The van der Waals surface area contributed by atoms with Crippen LogP contribution in [0.3, 0.4) is 0 Å². The third-order valence-electron chi connectivity index (χ3n) is 12.7. The van der Waals surface area contributed by atoms with Crippen molar-refractivity contribution in [1.82, 2.24) is 0 Å². The molecule has 0 spiro atoms. The first-order valence-electron chi connectivity index (χ1n) is 21.9. The van der Waals surface area contributed by atoms with Crippen molar-refractivity contribution in [3.8, 4) is 55.6 Å². The lowest BCUT2D eigenvalue weighted by Gasteiger charge is -2.26. The van der Waals surface area contributed by atoms with Crippen LogP contribution in [0.15, 0.2) is 253 Å². The van der Waals surface area contributed by atoms with Crippen LogP contribution in [0.2, 0.25) is 0 Å². The van der Waals surface area contributed by atoms with Crippen molar-refractivity contribution in [3.63, 3.8) is 0 Å². The minimum Gasteiger partial charge on any atom is -0.455 e. The fourth-order valence-corrected chi connectivity index (χ4v) is 9.50. The van der Waals surface area contributed by atoms with Gasteiger partial charge in [-0.25, -0.2) is 0 Å². The van der Waals surface area contributed by atoms with E-state index >= 15 is 0 Å². The van der Waals surface area contributed by atoms with Gasteiger partial charge in [-0.3, -0.25) is 0 Å². The van der Waals surface area contributed by atoms with E-state index in [4.69, 9.17) is 4.42 Å². The van der Waals surface area contributed by atoms with E-state index in [9.17, 15) is 0 Å². The van der Waals surface area contributed by atoms with Gasteiger partial charge in [0.05, 0.1) is 0 Å². The normalized spacial score (nSPS) is 11.4. The molecule has 0 unspecified atom stereocenters. The second kappa shape index (κ2) is 15.8. The van der Waals surface area contributed by atoms with E-state index in [2.05, 4.69) is 241 Å². The zero-order valence-electron chi connectivity index (χ0n) is 35.0. The monoisotopic (exact) mass is 815 g/mol. The quantitative estimate of drug-likeness (QED) is 0.152. The number of hydrogen-bond donors (Lipinski definition) is 0. The topological polar surface area (TPSA) is 16.4 Å². The molecule has 0 aliphatic rings. The lowest BCUT2D eigenvalue weighted by Crippen LogP contribution is -2.09. The third-order valence-corrected chi connectivity index (χ3v) is 12.7. The summed E-state index contributed by atoms with van der Waals surface area (Å²) in [6, 6.07) is 89.6. The van der Waals surface area contributed by atoms with Gasteiger partial charge in [0.1, 0.15) is 11.2 Å². The van der Waals surface area contributed by atoms with Gasteiger partial charge in [0.2, 0.25) is 0 Å². The molecular weight excluding hydrogens is 775 g/mol. The zero-order valence-corrected chi connectivity index (χ0v) is 35.0. The summed E-state index contributed by atoms with van der Waals surface area (Å²) in [5.41, 5.74) is 16.8. The molecule has 2 nitrogen and oxygen atoms in total. The van der Waals surface area contributed by atoms with E-state index in [1.54, 1.807) is 0 Å². The number of hydrogen-bond acceptors (Lipinski definition) is 2. The Labute approximate surface area is 372 Å². The highest BCUT2D eigenvalue weighted by atomic mass is 16.3. The molecule has 0 aliphatic carbocycles. The second-order valence-electron chi connectivity index (χ2n) is 16.5. The van der Waals surface area contributed by atoms with Crippen molar-refractivity contribution in [2.45, 2.75) is 0 Å². The van der Waals surface area contributed by atoms with Crippen molar-refractivity contribution in [3.05, 3.63) is 249 Å². The van der Waals surface area contributed by atoms with Gasteiger partial charge in [0.25, 0.3) is 0 Å². The van der Waals surface area contributed by atoms with Crippen LogP contribution >= 0.6 is 0 Å². The molecule has 0 fully saturated rings. The van der Waals surface area contributed by atoms with Gasteiger partial charge in [-0.2, -0.15) is 0 Å². The molecule has 1 heterocycles. The summed E-state index contributed by atoms with van der Waals surface area (Å²) in [4.78, 5) is 2.35. The molecule has 64 heavy (non-hydrogen) atoms. The van der Waals surface area contributed by atoms with Crippen LogP contribution in [0, 0.1) is 0 Å². The maximum atomic E-state index is 6.44. The van der Waals surface area contributed by atoms with Crippen LogP contribution in [0.1, 0.15) is 0 Å². The molecule has 0 aliphatic heterocycles. The van der Waals surface area contributed by atoms with Gasteiger partial charge < -0.3 is 9.32 Å². The largest absolute Gasteiger partial charge is 0.455 e. The molecular formula is C62H41NO. The smallest absolute Gasteiger partial charge is 0.143 e. The van der Waals surface area contributed by atoms with Gasteiger partial charge >= 0.3 is 0 Å². The van der Waals surface area contributed by atoms with Gasteiger partial charge in [-0.15, -0.1) is 0 Å². The van der Waals surface area contributed by atoms with Crippen molar-refractivity contribution < 1.29 is 4.42 Å². The Morgan fingerprint density at radius 2 is 0.641 bits per heavy atom. The van der Waals surface area contributed by atoms with Crippen molar-refractivity contribution in [2.24, 2.45) is 0 Å². The Kier molecular flexibility index (Phi) is 9.20. The summed E-state index contributed by atoms with van der Waals surface area (Å²) in [5.74, 6) is 0. The molecule has 0 atom stereocenters. The Bertz CT molecular complexity index is 3480. The number of para-hydroxylation sites is 2. The predicted molar refractivity (Wildman–Crippen MR) is 271 cm³/mol. The summed E-state index contributed by atoms with van der Waals surface area (Å²) in [5, 5.41) is 7.28. The van der Waals surface area contributed by atoms with E-state index < -0.39 is 0 Å². The number of rotatable bonds is 8. The first kappa shape index (κ1) is 37.3. The first-order chi connectivity index (χ1) is 31.7. The molecule has 12 rings (SSSR count). The second-order valence-corrected chi connectivity index (χ2v) is 16.5. The zero-order chi connectivity index (χ0) is 42.4. The van der Waals surface area contributed by atoms with Crippen molar-refractivity contribution in [2.75, 3.05) is 4.90 Å². The predicted octanol–water partition coefficient (Wildman–Crippen LogP) is 17.7. The molecule has 0 saturated carbocycles. The number of nitrogens with zero attached hydrogens (tertiary/aromatic N) is 1. The van der Waals surface area contributed by atoms with Crippen molar-refractivity contribution in [1.29, 1.82) is 0 Å². The van der Waals surface area contributed by atoms with E-state index in [0.717, 1.165) is 50.1 Å². The lowest BCUT2D eigenvalue weighted by atomic mass is 9.95. The van der Waals surface area contributed by atoms with Gasteiger partial charge in [0.15, 0.2) is 0 Å². The Balaban J connectivity index is 0.912. The molecule has 300 valence electrons. The average molecular weight is 816 g/mol. The maximum Gasteiger partial charge on any atom is 0.143 e. The molecule has 0 N–H and O–H groups in total. The van der Waals surface area contributed by atoms with Gasteiger partial charge in [0, 0.05) is 33.4 Å². The van der Waals surface area contributed by atoms with Crippen LogP contribution in [-0.4, -0.2) is 0 Å². The van der Waals surface area contributed by atoms with Crippen molar-refractivity contribution >= 4 is 60.5 Å². The Hall–Kier alpha value is -8.46. The van der Waals surface area contributed by atoms with E-state index in [1.807, 2.05) is 12.1 Å². The number of fused-ring (bicyclic) bond motifs is 5. The summed E-state index contributed by atoms with van der Waals surface area (Å²) in [6.45, 7) is 0. The number of benzene rings is 11. The summed E-state index contributed by atoms with van der Waals surface area (Å²) in [7, 11) is 0. The molecule has 1 aromatic heterocycles. The minimum absolute atomic E-state index is 0.903. The third kappa shape index (κ3) is 6.70. The fraction of sp³-hybridized carbons (Fsp3) is 0. The van der Waals surface area contributed by atoms with Crippen LogP contribution in [0.25, 0.3) is 99.1 Å².